The molecule has 0 aliphatic carbocycles. The molecule has 0 aromatic heterocycles. The lowest BCUT2D eigenvalue weighted by atomic mass is 9.99. The van der Waals surface area contributed by atoms with E-state index in [-0.39, 0.29) is 17.9 Å². The maximum absolute atomic E-state index is 13.4. The van der Waals surface area contributed by atoms with Crippen molar-refractivity contribution in [3.63, 3.8) is 0 Å². The summed E-state index contributed by atoms with van der Waals surface area (Å²) in [4.78, 5) is 14.1. The first-order chi connectivity index (χ1) is 14.6. The highest BCUT2D eigenvalue weighted by Crippen LogP contribution is 2.24. The molecule has 7 heteroatoms. The fourth-order valence-corrected chi connectivity index (χ4v) is 3.76. The van der Waals surface area contributed by atoms with Gasteiger partial charge in [-0.15, -0.1) is 0 Å². The van der Waals surface area contributed by atoms with E-state index in [1.807, 2.05) is 37.4 Å². The SMILES string of the molecule is COCc1ccccc1CNC(=O)N(C)CCCC1CC(c2cccc(F)c2)NN1. The molecule has 2 aromatic carbocycles. The van der Waals surface area contributed by atoms with Crippen molar-refractivity contribution in [3.8, 4) is 0 Å². The van der Waals surface area contributed by atoms with Crippen LogP contribution in [0.15, 0.2) is 48.5 Å². The maximum atomic E-state index is 13.4. The van der Waals surface area contributed by atoms with Crippen molar-refractivity contribution >= 4 is 6.03 Å². The van der Waals surface area contributed by atoms with Crippen molar-refractivity contribution in [3.05, 3.63) is 71.0 Å². The Kier molecular flexibility index (Phi) is 8.19. The normalized spacial score (nSPS) is 18.4. The van der Waals surface area contributed by atoms with Crippen LogP contribution in [0.5, 0.6) is 0 Å². The van der Waals surface area contributed by atoms with Gasteiger partial charge in [0.25, 0.3) is 0 Å². The number of rotatable bonds is 9. The summed E-state index contributed by atoms with van der Waals surface area (Å²) in [6, 6.07) is 15.0. The quantitative estimate of drug-likeness (QED) is 0.588. The number of ether oxygens (including phenoxy) is 1. The molecule has 30 heavy (non-hydrogen) atoms. The molecule has 1 fully saturated rings. The van der Waals surface area contributed by atoms with E-state index in [9.17, 15) is 9.18 Å². The van der Waals surface area contributed by atoms with Crippen LogP contribution >= 0.6 is 0 Å². The molecular formula is C23H31FN4O2. The number of hydrogen-bond donors (Lipinski definition) is 3. The topological polar surface area (TPSA) is 65.6 Å². The van der Waals surface area contributed by atoms with Crippen LogP contribution in [0, 0.1) is 5.82 Å². The fraction of sp³-hybridized carbons (Fsp3) is 0.435. The van der Waals surface area contributed by atoms with Gasteiger partial charge < -0.3 is 15.0 Å². The second-order valence-corrected chi connectivity index (χ2v) is 7.75. The van der Waals surface area contributed by atoms with Gasteiger partial charge in [-0.3, -0.25) is 10.9 Å². The van der Waals surface area contributed by atoms with Crippen LogP contribution < -0.4 is 16.2 Å². The number of urea groups is 1. The molecule has 1 heterocycles. The van der Waals surface area contributed by atoms with E-state index in [2.05, 4.69) is 16.2 Å². The van der Waals surface area contributed by atoms with Gasteiger partial charge in [0.1, 0.15) is 5.82 Å². The number of methoxy groups -OCH3 is 1. The second-order valence-electron chi connectivity index (χ2n) is 7.75. The summed E-state index contributed by atoms with van der Waals surface area (Å²) in [6.07, 6.45) is 2.72. The largest absolute Gasteiger partial charge is 0.380 e. The molecule has 2 aromatic rings. The number of nitrogens with zero attached hydrogens (tertiary/aromatic N) is 1. The predicted molar refractivity (Wildman–Crippen MR) is 115 cm³/mol. The number of carbonyl (C=O) groups excluding carboxylic acids is 1. The Hall–Kier alpha value is -2.48. The van der Waals surface area contributed by atoms with Gasteiger partial charge in [0.05, 0.1) is 6.61 Å². The molecule has 0 saturated carbocycles. The Morgan fingerprint density at radius 3 is 2.77 bits per heavy atom. The molecule has 2 atom stereocenters. The third-order valence-corrected chi connectivity index (χ3v) is 5.47. The van der Waals surface area contributed by atoms with Gasteiger partial charge in [-0.25, -0.2) is 9.18 Å². The Balaban J connectivity index is 1.37. The first-order valence-corrected chi connectivity index (χ1v) is 10.4. The summed E-state index contributed by atoms with van der Waals surface area (Å²) < 4.78 is 18.6. The van der Waals surface area contributed by atoms with E-state index in [1.165, 1.54) is 6.07 Å². The Labute approximate surface area is 177 Å². The van der Waals surface area contributed by atoms with Gasteiger partial charge in [-0.05, 0) is 48.1 Å². The van der Waals surface area contributed by atoms with E-state index < -0.39 is 0 Å². The van der Waals surface area contributed by atoms with Crippen LogP contribution in [0.25, 0.3) is 0 Å². The highest BCUT2D eigenvalue weighted by molar-refractivity contribution is 5.73. The summed E-state index contributed by atoms with van der Waals surface area (Å²) in [5.74, 6) is -0.213. The van der Waals surface area contributed by atoms with Crippen molar-refractivity contribution in [1.29, 1.82) is 0 Å². The summed E-state index contributed by atoms with van der Waals surface area (Å²) >= 11 is 0. The van der Waals surface area contributed by atoms with Crippen LogP contribution in [0.4, 0.5) is 9.18 Å². The van der Waals surface area contributed by atoms with Gasteiger partial charge in [-0.2, -0.15) is 0 Å². The number of amides is 2. The lowest BCUT2D eigenvalue weighted by Crippen LogP contribution is -2.38. The minimum atomic E-state index is -0.213. The summed E-state index contributed by atoms with van der Waals surface area (Å²) in [6.45, 7) is 1.68. The minimum absolute atomic E-state index is 0.0858. The highest BCUT2D eigenvalue weighted by Gasteiger charge is 2.25. The Morgan fingerprint density at radius 2 is 2.00 bits per heavy atom. The van der Waals surface area contributed by atoms with Gasteiger partial charge in [0.2, 0.25) is 0 Å². The molecule has 1 aliphatic rings. The zero-order valence-corrected chi connectivity index (χ0v) is 17.7. The molecule has 3 rings (SSSR count). The zero-order chi connectivity index (χ0) is 21.3. The molecule has 162 valence electrons. The fourth-order valence-electron chi connectivity index (χ4n) is 3.76. The number of carbonyl (C=O) groups is 1. The van der Waals surface area contributed by atoms with Crippen LogP contribution in [0.2, 0.25) is 0 Å². The lowest BCUT2D eigenvalue weighted by molar-refractivity contribution is 0.183. The molecule has 1 aliphatic heterocycles. The van der Waals surface area contributed by atoms with E-state index in [1.54, 1.807) is 24.1 Å². The van der Waals surface area contributed by atoms with Crippen LogP contribution in [0.3, 0.4) is 0 Å². The van der Waals surface area contributed by atoms with Crippen molar-refractivity contribution < 1.29 is 13.9 Å². The smallest absolute Gasteiger partial charge is 0.317 e. The maximum Gasteiger partial charge on any atom is 0.317 e. The van der Waals surface area contributed by atoms with E-state index >= 15 is 0 Å². The minimum Gasteiger partial charge on any atom is -0.380 e. The standard InChI is InChI=1S/C23H31FN4O2/c1-28(23(29)25-15-18-7-3-4-8-19(18)16-30-2)12-6-11-21-14-22(27-26-21)17-9-5-10-20(24)13-17/h3-5,7-10,13,21-22,26-27H,6,11-12,14-16H2,1-2H3,(H,25,29). The average Bonchev–Trinajstić information content (AvgIpc) is 3.22. The molecule has 2 unspecified atom stereocenters. The van der Waals surface area contributed by atoms with Crippen molar-refractivity contribution in [1.82, 2.24) is 21.1 Å². The monoisotopic (exact) mass is 414 g/mol. The van der Waals surface area contributed by atoms with E-state index in [4.69, 9.17) is 4.74 Å². The van der Waals surface area contributed by atoms with Crippen molar-refractivity contribution in [2.24, 2.45) is 0 Å². The summed E-state index contributed by atoms with van der Waals surface area (Å²) in [5.41, 5.74) is 9.63. The lowest BCUT2D eigenvalue weighted by Gasteiger charge is -2.19. The van der Waals surface area contributed by atoms with Gasteiger partial charge in [0, 0.05) is 39.3 Å². The first kappa shape index (κ1) is 22.2. The van der Waals surface area contributed by atoms with Gasteiger partial charge in [-0.1, -0.05) is 36.4 Å². The summed E-state index contributed by atoms with van der Waals surface area (Å²) in [5, 5.41) is 2.98. The number of nitrogens with one attached hydrogen (secondary N) is 3. The Morgan fingerprint density at radius 1 is 1.20 bits per heavy atom. The van der Waals surface area contributed by atoms with E-state index in [0.29, 0.717) is 25.7 Å². The number of hydrogen-bond acceptors (Lipinski definition) is 4. The first-order valence-electron chi connectivity index (χ1n) is 10.4. The molecule has 0 radical (unpaired) electrons. The van der Waals surface area contributed by atoms with Gasteiger partial charge in [0.15, 0.2) is 0 Å². The third kappa shape index (κ3) is 6.26. The predicted octanol–water partition coefficient (Wildman–Crippen LogP) is 3.50. The van der Waals surface area contributed by atoms with E-state index in [0.717, 1.165) is 36.0 Å². The van der Waals surface area contributed by atoms with Crippen LogP contribution in [-0.2, 0) is 17.9 Å². The van der Waals surface area contributed by atoms with Crippen LogP contribution in [-0.4, -0.2) is 37.7 Å². The molecular weight excluding hydrogens is 383 g/mol. The number of halogens is 1. The van der Waals surface area contributed by atoms with Crippen LogP contribution in [0.1, 0.15) is 42.0 Å². The molecule has 6 nitrogen and oxygen atoms in total. The molecule has 0 spiro atoms. The highest BCUT2D eigenvalue weighted by atomic mass is 19.1. The molecule has 3 N–H and O–H groups in total. The molecule has 1 saturated heterocycles. The van der Waals surface area contributed by atoms with Gasteiger partial charge >= 0.3 is 6.03 Å². The number of benzene rings is 2. The second kappa shape index (κ2) is 11.1. The van der Waals surface area contributed by atoms with Crippen molar-refractivity contribution in [2.45, 2.75) is 44.5 Å². The zero-order valence-electron chi connectivity index (χ0n) is 17.7. The van der Waals surface area contributed by atoms with Crippen molar-refractivity contribution in [2.75, 3.05) is 20.7 Å². The molecule has 0 bridgehead atoms. The third-order valence-electron chi connectivity index (χ3n) is 5.47. The number of hydrazine groups is 1. The Bertz CT molecular complexity index is 832. The average molecular weight is 415 g/mol. The molecule has 2 amide bonds. The summed E-state index contributed by atoms with van der Waals surface area (Å²) in [7, 11) is 3.48.